The summed E-state index contributed by atoms with van der Waals surface area (Å²) in [5.41, 5.74) is 8.46. The highest BCUT2D eigenvalue weighted by molar-refractivity contribution is 5.40. The van der Waals surface area contributed by atoms with Crippen LogP contribution < -0.4 is 10.5 Å². The number of nitrogens with two attached hydrogens (primary N) is 1. The van der Waals surface area contributed by atoms with Crippen LogP contribution in [0.15, 0.2) is 18.2 Å². The zero-order valence-electron chi connectivity index (χ0n) is 12.7. The molecule has 0 bridgehead atoms. The van der Waals surface area contributed by atoms with E-state index in [9.17, 15) is 5.11 Å². The molecule has 0 heterocycles. The van der Waals surface area contributed by atoms with Crippen LogP contribution >= 0.6 is 0 Å². The van der Waals surface area contributed by atoms with E-state index in [0.29, 0.717) is 6.61 Å². The quantitative estimate of drug-likeness (QED) is 0.759. The summed E-state index contributed by atoms with van der Waals surface area (Å²) in [4.78, 5) is 0. The summed E-state index contributed by atoms with van der Waals surface area (Å²) in [6.45, 7) is 2.87. The topological polar surface area (TPSA) is 73.9 Å². The zero-order valence-corrected chi connectivity index (χ0v) is 12.7. The smallest absolute Gasteiger partial charge is 0.119 e. The van der Waals surface area contributed by atoms with Gasteiger partial charge in [-0.25, -0.2) is 0 Å². The van der Waals surface area contributed by atoms with Gasteiger partial charge in [0.15, 0.2) is 0 Å². The number of fused-ring (bicyclic) bond motifs is 1. The van der Waals surface area contributed by atoms with Crippen molar-refractivity contribution in [3.05, 3.63) is 29.3 Å². The van der Waals surface area contributed by atoms with E-state index in [1.54, 1.807) is 7.11 Å². The van der Waals surface area contributed by atoms with E-state index < -0.39 is 6.10 Å². The summed E-state index contributed by atoms with van der Waals surface area (Å²) >= 11 is 0. The van der Waals surface area contributed by atoms with Gasteiger partial charge in [-0.3, -0.25) is 0 Å². The van der Waals surface area contributed by atoms with Crippen molar-refractivity contribution < 1.29 is 19.3 Å². The summed E-state index contributed by atoms with van der Waals surface area (Å²) in [6.07, 6.45) is 1.30. The van der Waals surface area contributed by atoms with Gasteiger partial charge in [-0.15, -0.1) is 0 Å². The molecule has 3 unspecified atom stereocenters. The first-order chi connectivity index (χ1) is 10.1. The molecule has 0 saturated heterocycles. The minimum Gasteiger partial charge on any atom is -0.491 e. The Balaban J connectivity index is 1.75. The molecule has 1 aliphatic carbocycles. The van der Waals surface area contributed by atoms with Crippen LogP contribution in [0.4, 0.5) is 0 Å². The number of benzene rings is 1. The third-order valence-corrected chi connectivity index (χ3v) is 3.66. The first-order valence-electron chi connectivity index (χ1n) is 7.40. The summed E-state index contributed by atoms with van der Waals surface area (Å²) in [6, 6.07) is 6.09. The van der Waals surface area contributed by atoms with Crippen LogP contribution in [0.3, 0.4) is 0 Å². The van der Waals surface area contributed by atoms with Gasteiger partial charge in [-0.2, -0.15) is 0 Å². The van der Waals surface area contributed by atoms with Gasteiger partial charge in [0.1, 0.15) is 18.5 Å². The highest BCUT2D eigenvalue weighted by atomic mass is 16.5. The minimum atomic E-state index is -0.653. The maximum atomic E-state index is 9.85. The minimum absolute atomic E-state index is 0.0360. The Morgan fingerprint density at radius 2 is 2.14 bits per heavy atom. The normalized spacial score (nSPS) is 20.1. The molecule has 0 saturated carbocycles. The Morgan fingerprint density at radius 1 is 1.33 bits per heavy atom. The summed E-state index contributed by atoms with van der Waals surface area (Å²) in [5, 5.41) is 9.85. The molecule has 0 amide bonds. The van der Waals surface area contributed by atoms with Gasteiger partial charge in [0.05, 0.1) is 19.3 Å². The molecule has 1 aromatic carbocycles. The molecule has 3 N–H and O–H groups in total. The molecule has 2 rings (SSSR count). The Kier molecular flexibility index (Phi) is 5.99. The lowest BCUT2D eigenvalue weighted by molar-refractivity contribution is -0.0423. The van der Waals surface area contributed by atoms with Gasteiger partial charge in [0.25, 0.3) is 0 Å². The largest absolute Gasteiger partial charge is 0.491 e. The molecule has 118 valence electrons. The van der Waals surface area contributed by atoms with Crippen molar-refractivity contribution >= 4 is 0 Å². The molecule has 0 aliphatic heterocycles. The van der Waals surface area contributed by atoms with Crippen molar-refractivity contribution in [2.24, 2.45) is 5.73 Å². The van der Waals surface area contributed by atoms with Crippen molar-refractivity contribution in [1.29, 1.82) is 0 Å². The molecule has 21 heavy (non-hydrogen) atoms. The second-order valence-corrected chi connectivity index (χ2v) is 5.57. The number of aryl methyl sites for hydroxylation is 1. The molecule has 0 fully saturated rings. The van der Waals surface area contributed by atoms with Crippen LogP contribution in [0.25, 0.3) is 0 Å². The van der Waals surface area contributed by atoms with E-state index in [2.05, 4.69) is 0 Å². The summed E-state index contributed by atoms with van der Waals surface area (Å²) in [5.74, 6) is 0.770. The van der Waals surface area contributed by atoms with Crippen LogP contribution in [-0.4, -0.2) is 44.2 Å². The third kappa shape index (κ3) is 4.68. The lowest BCUT2D eigenvalue weighted by Gasteiger charge is -2.16. The lowest BCUT2D eigenvalue weighted by Crippen LogP contribution is -2.27. The third-order valence-electron chi connectivity index (χ3n) is 3.66. The fourth-order valence-corrected chi connectivity index (χ4v) is 2.52. The predicted octanol–water partition coefficient (Wildman–Crippen LogP) is 1.42. The summed E-state index contributed by atoms with van der Waals surface area (Å²) < 4.78 is 16.0. The number of aliphatic hydroxyl groups is 1. The fourth-order valence-electron chi connectivity index (χ4n) is 2.52. The number of methoxy groups -OCH3 is 1. The van der Waals surface area contributed by atoms with E-state index in [0.717, 1.165) is 18.6 Å². The molecule has 0 radical (unpaired) electrons. The maximum absolute atomic E-state index is 9.85. The fraction of sp³-hybridized carbons (Fsp3) is 0.625. The molecular weight excluding hydrogens is 270 g/mol. The molecule has 5 nitrogen and oxygen atoms in total. The number of aliphatic hydroxyl groups excluding tert-OH is 1. The maximum Gasteiger partial charge on any atom is 0.119 e. The van der Waals surface area contributed by atoms with Crippen LogP contribution in [-0.2, 0) is 15.9 Å². The monoisotopic (exact) mass is 295 g/mol. The number of hydrogen-bond donors (Lipinski definition) is 2. The summed E-state index contributed by atoms with van der Waals surface area (Å²) in [7, 11) is 1.62. The molecule has 1 aromatic rings. The van der Waals surface area contributed by atoms with E-state index in [1.165, 1.54) is 11.1 Å². The molecule has 0 aromatic heterocycles. The standard InChI is InChI=1S/C16H25NO4/c1-11(8-19-2)20-9-13(18)10-21-14-4-5-15-12(7-14)3-6-16(15)17/h4-5,7,11,13,16,18H,3,6,8-10,17H2,1-2H3. The number of ether oxygens (including phenoxy) is 3. The first kappa shape index (κ1) is 16.2. The SMILES string of the molecule is COCC(C)OCC(O)COc1ccc2c(c1)CCC2N. The van der Waals surface area contributed by atoms with Crippen LogP contribution in [0, 0.1) is 0 Å². The predicted molar refractivity (Wildman–Crippen MR) is 80.5 cm³/mol. The Labute approximate surface area is 126 Å². The number of rotatable bonds is 8. The molecular formula is C16H25NO4. The van der Waals surface area contributed by atoms with E-state index in [4.69, 9.17) is 19.9 Å². The van der Waals surface area contributed by atoms with Gasteiger partial charge >= 0.3 is 0 Å². The van der Waals surface area contributed by atoms with Gasteiger partial charge in [-0.05, 0) is 43.0 Å². The number of hydrogen-bond acceptors (Lipinski definition) is 5. The Bertz CT molecular complexity index is 452. The highest BCUT2D eigenvalue weighted by Crippen LogP contribution is 2.31. The van der Waals surface area contributed by atoms with Crippen LogP contribution in [0.1, 0.15) is 30.5 Å². The molecule has 5 heteroatoms. The van der Waals surface area contributed by atoms with Gasteiger partial charge < -0.3 is 25.1 Å². The Morgan fingerprint density at radius 3 is 2.90 bits per heavy atom. The second-order valence-electron chi connectivity index (χ2n) is 5.57. The molecule has 3 atom stereocenters. The van der Waals surface area contributed by atoms with Crippen molar-refractivity contribution in [2.45, 2.75) is 38.0 Å². The lowest BCUT2D eigenvalue weighted by atomic mass is 10.1. The van der Waals surface area contributed by atoms with Crippen molar-refractivity contribution in [1.82, 2.24) is 0 Å². The van der Waals surface area contributed by atoms with E-state index in [-0.39, 0.29) is 25.4 Å². The average Bonchev–Trinajstić information content (AvgIpc) is 2.84. The van der Waals surface area contributed by atoms with E-state index in [1.807, 2.05) is 25.1 Å². The second kappa shape index (κ2) is 7.75. The van der Waals surface area contributed by atoms with Crippen molar-refractivity contribution in [3.63, 3.8) is 0 Å². The molecule has 0 spiro atoms. The van der Waals surface area contributed by atoms with Crippen LogP contribution in [0.2, 0.25) is 0 Å². The zero-order chi connectivity index (χ0) is 15.2. The van der Waals surface area contributed by atoms with Gasteiger partial charge in [0.2, 0.25) is 0 Å². The highest BCUT2D eigenvalue weighted by Gasteiger charge is 2.19. The average molecular weight is 295 g/mol. The van der Waals surface area contributed by atoms with Gasteiger partial charge in [-0.1, -0.05) is 6.07 Å². The molecule has 1 aliphatic rings. The van der Waals surface area contributed by atoms with Crippen molar-refractivity contribution in [3.8, 4) is 5.75 Å². The van der Waals surface area contributed by atoms with Crippen LogP contribution in [0.5, 0.6) is 5.75 Å². The van der Waals surface area contributed by atoms with Crippen molar-refractivity contribution in [2.75, 3.05) is 26.9 Å². The van der Waals surface area contributed by atoms with Gasteiger partial charge in [0, 0.05) is 13.2 Å². The van der Waals surface area contributed by atoms with E-state index >= 15 is 0 Å². The first-order valence-corrected chi connectivity index (χ1v) is 7.40. The Hall–Kier alpha value is -1.14.